The second-order valence-corrected chi connectivity index (χ2v) is 16.0. The number of rotatable bonds is 11. The van der Waals surface area contributed by atoms with Crippen LogP contribution in [0.2, 0.25) is 0 Å². The molecule has 4 heterocycles. The molecule has 0 fully saturated rings. The highest BCUT2D eigenvalue weighted by Gasteiger charge is 2.20. The zero-order valence-corrected chi connectivity index (χ0v) is 38.2. The SMILES string of the molecule is COc1ccc(-c2nc3ccc(-c4ccccc4)cn3c2Nc2c(C)cccc2C)cc1OC.COc1ccc(-c2nc3ccc(Br)cn3c2Nc2c(C)cccc2C)cc1OC. The predicted molar refractivity (Wildman–Crippen MR) is 259 cm³/mol. The first kappa shape index (κ1) is 42.5. The first-order valence-corrected chi connectivity index (χ1v) is 21.3. The van der Waals surface area contributed by atoms with Gasteiger partial charge in [-0.3, -0.25) is 8.80 Å². The van der Waals surface area contributed by atoms with E-state index in [1.807, 2.05) is 60.8 Å². The maximum absolute atomic E-state index is 5.57. The van der Waals surface area contributed by atoms with Crippen LogP contribution in [0.5, 0.6) is 23.0 Å². The lowest BCUT2D eigenvalue weighted by atomic mass is 10.1. The van der Waals surface area contributed by atoms with Gasteiger partial charge in [-0.25, -0.2) is 9.97 Å². The van der Waals surface area contributed by atoms with Crippen LogP contribution in [0.25, 0.3) is 44.9 Å². The molecule has 0 aliphatic rings. The molecule has 10 nitrogen and oxygen atoms in total. The molecule has 9 aromatic rings. The predicted octanol–water partition coefficient (Wildman–Crippen LogP) is 13.2. The molecule has 318 valence electrons. The Morgan fingerprint density at radius 2 is 0.857 bits per heavy atom. The monoisotopic (exact) mass is 900 g/mol. The summed E-state index contributed by atoms with van der Waals surface area (Å²) in [7, 11) is 6.56. The number of anilines is 4. The Balaban J connectivity index is 0.000000175. The van der Waals surface area contributed by atoms with Gasteiger partial charge in [0.1, 0.15) is 34.3 Å². The van der Waals surface area contributed by atoms with Crippen molar-refractivity contribution in [2.24, 2.45) is 0 Å². The van der Waals surface area contributed by atoms with Gasteiger partial charge in [-0.2, -0.15) is 0 Å². The highest BCUT2D eigenvalue weighted by molar-refractivity contribution is 9.10. The first-order valence-electron chi connectivity index (χ1n) is 20.5. The molecule has 9 rings (SSSR count). The Hall–Kier alpha value is -7.24. The molecule has 0 radical (unpaired) electrons. The summed E-state index contributed by atoms with van der Waals surface area (Å²) < 4.78 is 27.1. The van der Waals surface area contributed by atoms with Crippen molar-refractivity contribution in [2.45, 2.75) is 27.7 Å². The Morgan fingerprint density at radius 3 is 1.32 bits per heavy atom. The molecule has 2 N–H and O–H groups in total. The number of ether oxygens (including phenoxy) is 4. The van der Waals surface area contributed by atoms with E-state index in [1.54, 1.807) is 28.4 Å². The third kappa shape index (κ3) is 8.65. The van der Waals surface area contributed by atoms with E-state index < -0.39 is 0 Å². The van der Waals surface area contributed by atoms with Crippen molar-refractivity contribution in [2.75, 3.05) is 39.1 Å². The molecule has 11 heteroatoms. The van der Waals surface area contributed by atoms with Crippen LogP contribution < -0.4 is 29.6 Å². The minimum atomic E-state index is 0.667. The van der Waals surface area contributed by atoms with Gasteiger partial charge in [0, 0.05) is 39.4 Å². The van der Waals surface area contributed by atoms with Crippen molar-refractivity contribution >= 4 is 50.2 Å². The van der Waals surface area contributed by atoms with E-state index in [-0.39, 0.29) is 0 Å². The van der Waals surface area contributed by atoms with Gasteiger partial charge in [0.05, 0.1) is 28.4 Å². The third-order valence-electron chi connectivity index (χ3n) is 11.1. The van der Waals surface area contributed by atoms with E-state index in [0.717, 1.165) is 72.4 Å². The second-order valence-electron chi connectivity index (χ2n) is 15.1. The van der Waals surface area contributed by atoms with Gasteiger partial charge in [-0.1, -0.05) is 66.7 Å². The fourth-order valence-corrected chi connectivity index (χ4v) is 8.07. The molecule has 0 aliphatic heterocycles. The quantitative estimate of drug-likeness (QED) is 0.133. The van der Waals surface area contributed by atoms with Crippen molar-refractivity contribution in [1.82, 2.24) is 18.8 Å². The van der Waals surface area contributed by atoms with E-state index in [4.69, 9.17) is 28.9 Å². The minimum Gasteiger partial charge on any atom is -0.493 e. The number of fused-ring (bicyclic) bond motifs is 2. The maximum atomic E-state index is 5.57. The largest absolute Gasteiger partial charge is 0.493 e. The Kier molecular flexibility index (Phi) is 12.4. The highest BCUT2D eigenvalue weighted by Crippen LogP contribution is 2.40. The number of nitrogens with one attached hydrogen (secondary N) is 2. The van der Waals surface area contributed by atoms with Gasteiger partial charge < -0.3 is 29.6 Å². The van der Waals surface area contributed by atoms with Crippen molar-refractivity contribution in [3.63, 3.8) is 0 Å². The zero-order valence-electron chi connectivity index (χ0n) is 36.6. The number of nitrogens with zero attached hydrogens (tertiary/aromatic N) is 4. The molecule has 0 spiro atoms. The number of methoxy groups -OCH3 is 4. The van der Waals surface area contributed by atoms with E-state index in [0.29, 0.717) is 23.0 Å². The molecular formula is C52H49BrN6O4. The van der Waals surface area contributed by atoms with Gasteiger partial charge in [0.25, 0.3) is 0 Å². The fraction of sp³-hybridized carbons (Fsp3) is 0.154. The number of aryl methyl sites for hydroxylation is 4. The molecule has 0 bridgehead atoms. The fourth-order valence-electron chi connectivity index (χ4n) is 7.73. The van der Waals surface area contributed by atoms with E-state index in [1.165, 1.54) is 22.3 Å². The normalized spacial score (nSPS) is 10.9. The number of aromatic nitrogens is 4. The van der Waals surface area contributed by atoms with Gasteiger partial charge in [-0.05, 0) is 138 Å². The maximum Gasteiger partial charge on any atom is 0.161 e. The van der Waals surface area contributed by atoms with Gasteiger partial charge >= 0.3 is 0 Å². The number of pyridine rings is 2. The lowest BCUT2D eigenvalue weighted by Gasteiger charge is -2.15. The summed E-state index contributed by atoms with van der Waals surface area (Å²) in [4.78, 5) is 9.90. The molecule has 0 saturated carbocycles. The van der Waals surface area contributed by atoms with Crippen molar-refractivity contribution in [3.8, 4) is 56.6 Å². The first-order chi connectivity index (χ1) is 30.6. The van der Waals surface area contributed by atoms with Gasteiger partial charge in [-0.15, -0.1) is 0 Å². The van der Waals surface area contributed by atoms with Crippen molar-refractivity contribution in [3.05, 3.63) is 167 Å². The second kappa shape index (κ2) is 18.4. The van der Waals surface area contributed by atoms with E-state index >= 15 is 0 Å². The van der Waals surface area contributed by atoms with Crippen LogP contribution in [-0.2, 0) is 0 Å². The molecule has 0 saturated heterocycles. The summed E-state index contributed by atoms with van der Waals surface area (Å²) in [5.41, 5.74) is 14.4. The summed E-state index contributed by atoms with van der Waals surface area (Å²) in [6.45, 7) is 8.43. The van der Waals surface area contributed by atoms with Gasteiger partial charge in [0.2, 0.25) is 0 Å². The summed E-state index contributed by atoms with van der Waals surface area (Å²) in [5, 5.41) is 7.34. The van der Waals surface area contributed by atoms with Crippen molar-refractivity contribution < 1.29 is 18.9 Å². The third-order valence-corrected chi connectivity index (χ3v) is 11.5. The number of para-hydroxylation sites is 2. The Bertz CT molecular complexity index is 3050. The molecule has 63 heavy (non-hydrogen) atoms. The topological polar surface area (TPSA) is 95.6 Å². The summed E-state index contributed by atoms with van der Waals surface area (Å²) >= 11 is 3.58. The number of imidazole rings is 2. The van der Waals surface area contributed by atoms with Crippen LogP contribution in [0.1, 0.15) is 22.3 Å². The summed E-state index contributed by atoms with van der Waals surface area (Å²) in [6, 6.07) is 42.8. The van der Waals surface area contributed by atoms with Crippen LogP contribution in [0, 0.1) is 27.7 Å². The Morgan fingerprint density at radius 1 is 0.429 bits per heavy atom. The van der Waals surface area contributed by atoms with Crippen molar-refractivity contribution in [1.29, 1.82) is 0 Å². The number of hydrogen-bond acceptors (Lipinski definition) is 8. The van der Waals surface area contributed by atoms with E-state index in [9.17, 15) is 0 Å². The molecule has 0 unspecified atom stereocenters. The molecule has 0 atom stereocenters. The van der Waals surface area contributed by atoms with Crippen LogP contribution in [0.15, 0.2) is 144 Å². The number of hydrogen-bond donors (Lipinski definition) is 2. The molecule has 0 aliphatic carbocycles. The summed E-state index contributed by atoms with van der Waals surface area (Å²) in [6.07, 6.45) is 4.15. The van der Waals surface area contributed by atoms with Crippen LogP contribution in [0.3, 0.4) is 0 Å². The average Bonchev–Trinajstić information content (AvgIpc) is 3.85. The molecule has 5 aromatic carbocycles. The standard InChI is InChI=1S/C29H27N3O2.C23H22BrN3O2/c1-19-9-8-10-20(2)27(19)31-29-28(22-13-15-24(33-3)25(17-22)34-4)30-26-16-14-23(18-32(26)29)21-11-6-5-7-12-21;1-14-6-5-7-15(2)21(14)26-23-22(25-20-11-9-17(24)13-27(20)23)16-8-10-18(28-3)19(12-16)29-4/h5-18,31H,1-4H3;5-13,26H,1-4H3. The average molecular weight is 902 g/mol. The lowest BCUT2D eigenvalue weighted by Crippen LogP contribution is -2.01. The smallest absolute Gasteiger partial charge is 0.161 e. The van der Waals surface area contributed by atoms with Crippen LogP contribution >= 0.6 is 15.9 Å². The highest BCUT2D eigenvalue weighted by atomic mass is 79.9. The summed E-state index contributed by atoms with van der Waals surface area (Å²) in [5.74, 6) is 4.50. The number of benzene rings is 5. The molecular weight excluding hydrogens is 853 g/mol. The van der Waals surface area contributed by atoms with Crippen LogP contribution in [-0.4, -0.2) is 47.2 Å². The minimum absolute atomic E-state index is 0.667. The zero-order chi connectivity index (χ0) is 44.2. The van der Waals surface area contributed by atoms with Gasteiger partial charge in [0.15, 0.2) is 23.0 Å². The number of halogens is 1. The molecule has 0 amide bonds. The van der Waals surface area contributed by atoms with Crippen LogP contribution in [0.4, 0.5) is 23.0 Å². The van der Waals surface area contributed by atoms with E-state index in [2.05, 4.69) is 142 Å². The molecule has 4 aromatic heterocycles. The Labute approximate surface area is 376 Å². The lowest BCUT2D eigenvalue weighted by molar-refractivity contribution is 0.355.